The molecule has 2 aromatic heterocycles. The minimum atomic E-state index is 0.0164. The number of hydrogen-bond acceptors (Lipinski definition) is 6. The van der Waals surface area contributed by atoms with E-state index in [0.717, 1.165) is 42.5 Å². The molecule has 0 spiro atoms. The lowest BCUT2D eigenvalue weighted by atomic mass is 9.96. The van der Waals surface area contributed by atoms with E-state index in [0.29, 0.717) is 18.3 Å². The summed E-state index contributed by atoms with van der Waals surface area (Å²) in [6.07, 6.45) is 3.22. The Labute approximate surface area is 157 Å². The zero-order valence-corrected chi connectivity index (χ0v) is 15.3. The number of carbonyl (C=O) groups is 1. The third kappa shape index (κ3) is 3.55. The normalized spacial score (nSPS) is 15.2. The van der Waals surface area contributed by atoms with Crippen LogP contribution in [0.1, 0.15) is 18.4 Å². The van der Waals surface area contributed by atoms with Crippen molar-refractivity contribution in [2.45, 2.75) is 19.4 Å². The van der Waals surface area contributed by atoms with Gasteiger partial charge in [0.15, 0.2) is 5.65 Å². The van der Waals surface area contributed by atoms with E-state index in [1.54, 1.807) is 10.9 Å². The molecule has 3 N–H and O–H groups in total. The number of benzene rings is 1. The molecular formula is C19H23N7O. The number of aryl methyl sites for hydroxylation is 1. The highest BCUT2D eigenvalue weighted by Crippen LogP contribution is 2.25. The summed E-state index contributed by atoms with van der Waals surface area (Å²) in [6.45, 7) is 2.02. The van der Waals surface area contributed by atoms with Gasteiger partial charge in [0.2, 0.25) is 11.9 Å². The molecule has 4 rings (SSSR count). The highest BCUT2D eigenvalue weighted by atomic mass is 16.1. The Hall–Kier alpha value is -3.16. The first kappa shape index (κ1) is 17.3. The summed E-state index contributed by atoms with van der Waals surface area (Å²) in [5.41, 5.74) is 7.88. The second-order valence-corrected chi connectivity index (χ2v) is 6.88. The molecule has 3 aromatic rings. The maximum absolute atomic E-state index is 12.5. The van der Waals surface area contributed by atoms with Crippen LogP contribution in [0.15, 0.2) is 36.5 Å². The molecule has 0 atom stereocenters. The van der Waals surface area contributed by atoms with Crippen molar-refractivity contribution in [1.29, 1.82) is 0 Å². The van der Waals surface area contributed by atoms with E-state index in [4.69, 9.17) is 5.73 Å². The summed E-state index contributed by atoms with van der Waals surface area (Å²) in [5.74, 6) is 1.17. The van der Waals surface area contributed by atoms with Crippen molar-refractivity contribution in [1.82, 2.24) is 25.1 Å². The van der Waals surface area contributed by atoms with Gasteiger partial charge in [-0.1, -0.05) is 30.3 Å². The molecule has 1 aliphatic heterocycles. The molecule has 0 saturated carbocycles. The van der Waals surface area contributed by atoms with Crippen LogP contribution in [0.3, 0.4) is 0 Å². The average molecular weight is 365 g/mol. The van der Waals surface area contributed by atoms with Gasteiger partial charge in [-0.2, -0.15) is 15.1 Å². The van der Waals surface area contributed by atoms with Gasteiger partial charge in [0.1, 0.15) is 5.82 Å². The molecule has 27 heavy (non-hydrogen) atoms. The van der Waals surface area contributed by atoms with Crippen molar-refractivity contribution in [2.24, 2.45) is 13.0 Å². The molecule has 8 heteroatoms. The van der Waals surface area contributed by atoms with Crippen LogP contribution in [0.4, 0.5) is 11.8 Å². The molecule has 1 amide bonds. The lowest BCUT2D eigenvalue weighted by Gasteiger charge is -2.31. The zero-order chi connectivity index (χ0) is 18.8. The Morgan fingerprint density at radius 3 is 2.70 bits per heavy atom. The Kier molecular flexibility index (Phi) is 4.62. The maximum Gasteiger partial charge on any atom is 0.229 e. The fourth-order valence-corrected chi connectivity index (χ4v) is 3.44. The van der Waals surface area contributed by atoms with Crippen molar-refractivity contribution in [2.75, 3.05) is 23.7 Å². The lowest BCUT2D eigenvalue weighted by molar-refractivity contribution is -0.125. The van der Waals surface area contributed by atoms with Crippen LogP contribution in [0.5, 0.6) is 0 Å². The van der Waals surface area contributed by atoms with E-state index >= 15 is 0 Å². The van der Waals surface area contributed by atoms with E-state index in [2.05, 4.69) is 25.3 Å². The average Bonchev–Trinajstić information content (AvgIpc) is 3.08. The van der Waals surface area contributed by atoms with Gasteiger partial charge in [-0.25, -0.2) is 0 Å². The number of nitrogens with two attached hydrogens (primary N) is 1. The van der Waals surface area contributed by atoms with Gasteiger partial charge in [-0.05, 0) is 18.4 Å². The molecule has 1 aromatic carbocycles. The number of nitrogens with one attached hydrogen (secondary N) is 1. The highest BCUT2D eigenvalue weighted by Gasteiger charge is 2.26. The topological polar surface area (TPSA) is 102 Å². The third-order valence-electron chi connectivity index (χ3n) is 5.07. The van der Waals surface area contributed by atoms with E-state index in [1.165, 1.54) is 0 Å². The highest BCUT2D eigenvalue weighted by molar-refractivity contribution is 5.86. The van der Waals surface area contributed by atoms with Crippen LogP contribution < -0.4 is 16.0 Å². The van der Waals surface area contributed by atoms with Gasteiger partial charge in [0, 0.05) is 32.6 Å². The van der Waals surface area contributed by atoms with Crippen molar-refractivity contribution in [3.63, 3.8) is 0 Å². The number of aromatic nitrogens is 4. The molecule has 0 unspecified atom stereocenters. The molecule has 0 aliphatic carbocycles. The summed E-state index contributed by atoms with van der Waals surface area (Å²) in [4.78, 5) is 23.6. The van der Waals surface area contributed by atoms with Crippen LogP contribution in [-0.2, 0) is 18.4 Å². The van der Waals surface area contributed by atoms with Crippen LogP contribution in [0.2, 0.25) is 0 Å². The number of nitrogens with zero attached hydrogens (tertiary/aromatic N) is 5. The summed E-state index contributed by atoms with van der Waals surface area (Å²) in [6, 6.07) is 9.95. The molecule has 1 fully saturated rings. The van der Waals surface area contributed by atoms with Crippen molar-refractivity contribution in [3.05, 3.63) is 42.1 Å². The van der Waals surface area contributed by atoms with Crippen molar-refractivity contribution in [3.8, 4) is 0 Å². The predicted octanol–water partition coefficient (Wildman–Crippen LogP) is 1.48. The minimum Gasteiger partial charge on any atom is -0.383 e. The van der Waals surface area contributed by atoms with Crippen LogP contribution in [0.25, 0.3) is 11.0 Å². The molecule has 140 valence electrons. The molecule has 3 heterocycles. The number of nitrogen functional groups attached to an aromatic ring is 1. The molecule has 1 saturated heterocycles. The number of fused-ring (bicyclic) bond motifs is 1. The SMILES string of the molecule is Cn1ncc2c(N)nc(N3CCC(C(=O)NCc4ccccc4)CC3)nc21. The van der Waals surface area contributed by atoms with Crippen LogP contribution in [0, 0.1) is 5.92 Å². The largest absolute Gasteiger partial charge is 0.383 e. The van der Waals surface area contributed by atoms with E-state index < -0.39 is 0 Å². The summed E-state index contributed by atoms with van der Waals surface area (Å²) < 4.78 is 1.70. The number of hydrogen-bond donors (Lipinski definition) is 2. The number of amides is 1. The van der Waals surface area contributed by atoms with Crippen LogP contribution >= 0.6 is 0 Å². The standard InChI is InChI=1S/C19H23N7O/c1-25-17-15(12-22-25)16(20)23-19(24-17)26-9-7-14(8-10-26)18(27)21-11-13-5-3-2-4-6-13/h2-6,12,14H,7-11H2,1H3,(H,21,27)(H2,20,23,24). The Morgan fingerprint density at radius 2 is 1.96 bits per heavy atom. The number of rotatable bonds is 4. The first-order valence-electron chi connectivity index (χ1n) is 9.13. The van der Waals surface area contributed by atoms with Crippen molar-refractivity contribution < 1.29 is 4.79 Å². The minimum absolute atomic E-state index is 0.0164. The van der Waals surface area contributed by atoms with E-state index in [-0.39, 0.29) is 11.8 Å². The van der Waals surface area contributed by atoms with Crippen molar-refractivity contribution >= 4 is 28.7 Å². The maximum atomic E-state index is 12.5. The van der Waals surface area contributed by atoms with Gasteiger partial charge < -0.3 is 16.0 Å². The monoisotopic (exact) mass is 365 g/mol. The zero-order valence-electron chi connectivity index (χ0n) is 15.3. The summed E-state index contributed by atoms with van der Waals surface area (Å²) in [5, 5.41) is 7.99. The summed E-state index contributed by atoms with van der Waals surface area (Å²) >= 11 is 0. The Balaban J connectivity index is 1.37. The first-order chi connectivity index (χ1) is 13.1. The Morgan fingerprint density at radius 1 is 1.22 bits per heavy atom. The van der Waals surface area contributed by atoms with Gasteiger partial charge in [-0.3, -0.25) is 9.48 Å². The molecule has 8 nitrogen and oxygen atoms in total. The quantitative estimate of drug-likeness (QED) is 0.726. The summed E-state index contributed by atoms with van der Waals surface area (Å²) in [7, 11) is 1.84. The fraction of sp³-hybridized carbons (Fsp3) is 0.368. The van der Waals surface area contributed by atoms with Crippen LogP contribution in [-0.4, -0.2) is 38.7 Å². The van der Waals surface area contributed by atoms with Gasteiger partial charge >= 0.3 is 0 Å². The predicted molar refractivity (Wildman–Crippen MR) is 104 cm³/mol. The fourth-order valence-electron chi connectivity index (χ4n) is 3.44. The number of piperidine rings is 1. The second kappa shape index (κ2) is 7.22. The van der Waals surface area contributed by atoms with E-state index in [9.17, 15) is 4.79 Å². The second-order valence-electron chi connectivity index (χ2n) is 6.88. The molecular weight excluding hydrogens is 342 g/mol. The molecule has 1 aliphatic rings. The third-order valence-corrected chi connectivity index (χ3v) is 5.07. The molecule has 0 radical (unpaired) electrons. The number of carbonyl (C=O) groups excluding carboxylic acids is 1. The first-order valence-corrected chi connectivity index (χ1v) is 9.13. The Bertz CT molecular complexity index is 945. The van der Waals surface area contributed by atoms with E-state index in [1.807, 2.05) is 37.4 Å². The number of anilines is 2. The smallest absolute Gasteiger partial charge is 0.229 e. The van der Waals surface area contributed by atoms with Gasteiger partial charge in [-0.15, -0.1) is 0 Å². The lowest BCUT2D eigenvalue weighted by Crippen LogP contribution is -2.41. The van der Waals surface area contributed by atoms with Gasteiger partial charge in [0.25, 0.3) is 0 Å². The molecule has 0 bridgehead atoms. The van der Waals surface area contributed by atoms with Gasteiger partial charge in [0.05, 0.1) is 11.6 Å².